The summed E-state index contributed by atoms with van der Waals surface area (Å²) in [5, 5.41) is 11.4. The lowest BCUT2D eigenvalue weighted by molar-refractivity contribution is -0.385. The molecule has 30 heavy (non-hydrogen) atoms. The second kappa shape index (κ2) is 7.27. The molecule has 0 saturated heterocycles. The summed E-state index contributed by atoms with van der Waals surface area (Å²) in [5.41, 5.74) is 2.92. The minimum absolute atomic E-state index is 0.0383. The zero-order valence-electron chi connectivity index (χ0n) is 15.2. The van der Waals surface area contributed by atoms with Gasteiger partial charge < -0.3 is 13.9 Å². The number of hydrogen-bond acceptors (Lipinski definition) is 7. The van der Waals surface area contributed by atoms with E-state index in [1.165, 1.54) is 12.3 Å². The summed E-state index contributed by atoms with van der Waals surface area (Å²) in [6.45, 7) is 0.0383. The molecule has 2 heterocycles. The zero-order chi connectivity index (χ0) is 20.7. The molecule has 5 rings (SSSR count). The van der Waals surface area contributed by atoms with Crippen molar-refractivity contribution in [1.82, 2.24) is 4.98 Å². The van der Waals surface area contributed by atoms with E-state index >= 15 is 0 Å². The van der Waals surface area contributed by atoms with E-state index < -0.39 is 4.92 Å². The third-order valence-corrected chi connectivity index (χ3v) is 5.06. The van der Waals surface area contributed by atoms with Crippen molar-refractivity contribution in [2.75, 3.05) is 6.79 Å². The van der Waals surface area contributed by atoms with Gasteiger partial charge in [0.05, 0.1) is 22.2 Å². The minimum atomic E-state index is -0.478. The normalized spacial score (nSPS) is 12.7. The molecule has 0 amide bonds. The van der Waals surface area contributed by atoms with E-state index in [2.05, 4.69) is 25.9 Å². The number of nitro groups is 1. The van der Waals surface area contributed by atoms with Crippen molar-refractivity contribution in [1.29, 1.82) is 0 Å². The Morgan fingerprint density at radius 2 is 1.83 bits per heavy atom. The van der Waals surface area contributed by atoms with E-state index in [9.17, 15) is 10.1 Å². The van der Waals surface area contributed by atoms with Crippen LogP contribution in [0.5, 0.6) is 11.5 Å². The number of aliphatic imine (C=N–C) groups is 1. The van der Waals surface area contributed by atoms with Crippen LogP contribution in [0.1, 0.15) is 5.56 Å². The van der Waals surface area contributed by atoms with Gasteiger partial charge in [0, 0.05) is 16.3 Å². The summed E-state index contributed by atoms with van der Waals surface area (Å²) >= 11 is 3.41. The number of ether oxygens (including phenoxy) is 2. The fourth-order valence-electron chi connectivity index (χ4n) is 3.06. The van der Waals surface area contributed by atoms with E-state index in [1.54, 1.807) is 24.3 Å². The van der Waals surface area contributed by atoms with Crippen LogP contribution < -0.4 is 9.47 Å². The highest BCUT2D eigenvalue weighted by Crippen LogP contribution is 2.37. The van der Waals surface area contributed by atoms with E-state index in [-0.39, 0.29) is 12.5 Å². The monoisotopic (exact) mass is 465 g/mol. The summed E-state index contributed by atoms with van der Waals surface area (Å²) in [5.74, 6) is 1.31. The Kier molecular flexibility index (Phi) is 4.44. The number of nitrogens with zero attached hydrogens (tertiary/aromatic N) is 3. The Labute approximate surface area is 178 Å². The van der Waals surface area contributed by atoms with Gasteiger partial charge in [0.2, 0.25) is 12.7 Å². The molecule has 0 unspecified atom stereocenters. The largest absolute Gasteiger partial charge is 0.454 e. The molecular formula is C21H12BrN3O5. The van der Waals surface area contributed by atoms with E-state index in [0.29, 0.717) is 39.7 Å². The number of hydrogen-bond donors (Lipinski definition) is 0. The van der Waals surface area contributed by atoms with Crippen molar-refractivity contribution in [2.24, 2.45) is 4.99 Å². The first-order chi connectivity index (χ1) is 14.6. The quantitative estimate of drug-likeness (QED) is 0.219. The van der Waals surface area contributed by atoms with E-state index in [0.717, 1.165) is 10.0 Å². The van der Waals surface area contributed by atoms with Crippen molar-refractivity contribution >= 4 is 44.6 Å². The maximum absolute atomic E-state index is 11.4. The molecule has 1 aromatic heterocycles. The van der Waals surface area contributed by atoms with Gasteiger partial charge in [0.15, 0.2) is 17.1 Å². The van der Waals surface area contributed by atoms with Crippen LogP contribution in [0, 0.1) is 10.1 Å². The molecule has 1 aliphatic rings. The van der Waals surface area contributed by atoms with Crippen LogP contribution in [0.4, 0.5) is 11.4 Å². The molecule has 0 saturated carbocycles. The van der Waals surface area contributed by atoms with Gasteiger partial charge in [-0.25, -0.2) is 4.98 Å². The summed E-state index contributed by atoms with van der Waals surface area (Å²) in [7, 11) is 0. The van der Waals surface area contributed by atoms with Crippen LogP contribution in [0.3, 0.4) is 0 Å². The molecule has 0 N–H and O–H groups in total. The molecule has 0 radical (unpaired) electrons. The first-order valence-corrected chi connectivity index (χ1v) is 9.65. The van der Waals surface area contributed by atoms with Crippen LogP contribution in [0.15, 0.2) is 68.5 Å². The Hall–Kier alpha value is -3.72. The molecule has 0 bridgehead atoms. The van der Waals surface area contributed by atoms with Gasteiger partial charge in [-0.05, 0) is 48.5 Å². The second-order valence-electron chi connectivity index (χ2n) is 6.46. The van der Waals surface area contributed by atoms with Crippen LogP contribution in [-0.4, -0.2) is 22.9 Å². The SMILES string of the molecule is O=[N+]([O-])c1cc2c(cc1C=Nc1ccc3oc(-c4ccc(Br)cc4)nc3c1)OCO2. The van der Waals surface area contributed by atoms with Gasteiger partial charge >= 0.3 is 0 Å². The van der Waals surface area contributed by atoms with Gasteiger partial charge in [0.25, 0.3) is 5.69 Å². The molecule has 8 nitrogen and oxygen atoms in total. The number of aromatic nitrogens is 1. The fraction of sp³-hybridized carbons (Fsp3) is 0.0476. The van der Waals surface area contributed by atoms with Crippen LogP contribution in [0.25, 0.3) is 22.6 Å². The van der Waals surface area contributed by atoms with E-state index in [4.69, 9.17) is 13.9 Å². The lowest BCUT2D eigenvalue weighted by atomic mass is 10.1. The van der Waals surface area contributed by atoms with Gasteiger partial charge in [-0.15, -0.1) is 0 Å². The smallest absolute Gasteiger partial charge is 0.282 e. The van der Waals surface area contributed by atoms with E-state index in [1.807, 2.05) is 24.3 Å². The topological polar surface area (TPSA) is 100.0 Å². The molecule has 0 atom stereocenters. The first-order valence-electron chi connectivity index (χ1n) is 8.85. The first kappa shape index (κ1) is 18.3. The maximum Gasteiger partial charge on any atom is 0.282 e. The third-order valence-electron chi connectivity index (χ3n) is 4.53. The highest BCUT2D eigenvalue weighted by molar-refractivity contribution is 9.10. The zero-order valence-corrected chi connectivity index (χ0v) is 16.8. The third kappa shape index (κ3) is 3.39. The number of fused-ring (bicyclic) bond motifs is 2. The number of oxazole rings is 1. The molecular weight excluding hydrogens is 454 g/mol. The maximum atomic E-state index is 11.4. The van der Waals surface area contributed by atoms with Crippen LogP contribution >= 0.6 is 15.9 Å². The van der Waals surface area contributed by atoms with Crippen molar-refractivity contribution in [3.63, 3.8) is 0 Å². The predicted octanol–water partition coefficient (Wildman–Crippen LogP) is 5.64. The summed E-state index contributed by atoms with van der Waals surface area (Å²) in [4.78, 5) is 19.8. The van der Waals surface area contributed by atoms with Crippen molar-refractivity contribution in [2.45, 2.75) is 0 Å². The van der Waals surface area contributed by atoms with Gasteiger partial charge in [0.1, 0.15) is 5.52 Å². The number of benzene rings is 3. The van der Waals surface area contributed by atoms with Gasteiger partial charge in [-0.2, -0.15) is 0 Å². The molecule has 0 aliphatic carbocycles. The highest BCUT2D eigenvalue weighted by atomic mass is 79.9. The Bertz CT molecular complexity index is 1310. The molecule has 4 aromatic rings. The Balaban J connectivity index is 1.48. The summed E-state index contributed by atoms with van der Waals surface area (Å²) in [6.07, 6.45) is 1.43. The van der Waals surface area contributed by atoms with Crippen molar-refractivity contribution in [3.05, 3.63) is 74.7 Å². The predicted molar refractivity (Wildman–Crippen MR) is 114 cm³/mol. The van der Waals surface area contributed by atoms with Crippen LogP contribution in [0.2, 0.25) is 0 Å². The second-order valence-corrected chi connectivity index (χ2v) is 7.37. The molecule has 1 aliphatic heterocycles. The minimum Gasteiger partial charge on any atom is -0.454 e. The highest BCUT2D eigenvalue weighted by Gasteiger charge is 2.22. The molecule has 3 aromatic carbocycles. The number of rotatable bonds is 4. The van der Waals surface area contributed by atoms with Crippen LogP contribution in [-0.2, 0) is 0 Å². The number of nitro benzene ring substituents is 1. The average Bonchev–Trinajstić information content (AvgIpc) is 3.37. The fourth-order valence-corrected chi connectivity index (χ4v) is 3.33. The molecule has 148 valence electrons. The Morgan fingerprint density at radius 1 is 1.07 bits per heavy atom. The summed E-state index contributed by atoms with van der Waals surface area (Å²) < 4.78 is 17.3. The summed E-state index contributed by atoms with van der Waals surface area (Å²) in [6, 6.07) is 15.8. The lowest BCUT2D eigenvalue weighted by Crippen LogP contribution is -1.94. The molecule has 0 spiro atoms. The Morgan fingerprint density at radius 3 is 2.60 bits per heavy atom. The molecule has 9 heteroatoms. The average molecular weight is 466 g/mol. The van der Waals surface area contributed by atoms with Gasteiger partial charge in [-0.1, -0.05) is 15.9 Å². The standard InChI is InChI=1S/C21H12BrN3O5/c22-14-3-1-12(2-4-14)21-24-16-8-15(5-6-18(16)30-21)23-10-13-7-19-20(29-11-28-19)9-17(13)25(26)27/h1-10H,11H2. The van der Waals surface area contributed by atoms with Gasteiger partial charge in [-0.3, -0.25) is 15.1 Å². The van der Waals surface area contributed by atoms with Crippen molar-refractivity contribution in [3.8, 4) is 23.0 Å². The van der Waals surface area contributed by atoms with Crippen molar-refractivity contribution < 1.29 is 18.8 Å². The molecule has 0 fully saturated rings. The lowest BCUT2D eigenvalue weighted by Gasteiger charge is -2.00. The number of halogens is 1.